The van der Waals surface area contributed by atoms with Gasteiger partial charge in [0.25, 0.3) is 0 Å². The van der Waals surface area contributed by atoms with Crippen molar-refractivity contribution in [2.24, 2.45) is 0 Å². The van der Waals surface area contributed by atoms with Crippen LogP contribution in [0, 0.1) is 0 Å². The van der Waals surface area contributed by atoms with Crippen molar-refractivity contribution >= 4 is 35.0 Å². The summed E-state index contributed by atoms with van der Waals surface area (Å²) in [4.78, 5) is 12.4. The fraction of sp³-hybridized carbons (Fsp3) is 0.348. The van der Waals surface area contributed by atoms with Crippen LogP contribution in [-0.4, -0.2) is 32.6 Å². The first-order chi connectivity index (χ1) is 15.2. The zero-order valence-electron chi connectivity index (χ0n) is 17.2. The van der Waals surface area contributed by atoms with Gasteiger partial charge in [-0.1, -0.05) is 48.0 Å². The lowest BCUT2D eigenvalue weighted by Gasteiger charge is -2.21. The molecule has 1 aliphatic carbocycles. The number of rotatable bonds is 8. The molecule has 1 saturated carbocycles. The van der Waals surface area contributed by atoms with E-state index in [4.69, 9.17) is 16.3 Å². The second-order valence-electron chi connectivity index (χ2n) is 7.47. The first-order valence-corrected chi connectivity index (χ1v) is 11.9. The minimum absolute atomic E-state index is 0.0629. The highest BCUT2D eigenvalue weighted by molar-refractivity contribution is 7.99. The van der Waals surface area contributed by atoms with Crippen LogP contribution in [0.15, 0.2) is 59.8 Å². The van der Waals surface area contributed by atoms with Gasteiger partial charge < -0.3 is 10.1 Å². The summed E-state index contributed by atoms with van der Waals surface area (Å²) in [5.74, 6) is 0.774. The van der Waals surface area contributed by atoms with E-state index in [0.29, 0.717) is 16.7 Å². The molecule has 1 aromatic heterocycles. The molecule has 0 aliphatic heterocycles. The number of hydrogen-bond acceptors (Lipinski definition) is 6. The van der Waals surface area contributed by atoms with Gasteiger partial charge in [0.05, 0.1) is 12.3 Å². The zero-order valence-corrected chi connectivity index (χ0v) is 18.7. The number of carbonyl (C=O) groups excluding carboxylic acids is 1. The summed E-state index contributed by atoms with van der Waals surface area (Å²) >= 11 is 7.32. The van der Waals surface area contributed by atoms with E-state index < -0.39 is 0 Å². The highest BCUT2D eigenvalue weighted by Crippen LogP contribution is 2.25. The maximum absolute atomic E-state index is 12.4. The minimum Gasteiger partial charge on any atom is -0.462 e. The Morgan fingerprint density at radius 1 is 1.06 bits per heavy atom. The Morgan fingerprint density at radius 2 is 1.81 bits per heavy atom. The van der Waals surface area contributed by atoms with Crippen LogP contribution in [0.4, 0.5) is 5.69 Å². The fourth-order valence-electron chi connectivity index (χ4n) is 3.62. The number of aromatic nitrogens is 3. The topological polar surface area (TPSA) is 69.0 Å². The molecule has 3 aromatic rings. The second-order valence-corrected chi connectivity index (χ2v) is 8.85. The van der Waals surface area contributed by atoms with E-state index in [0.717, 1.165) is 42.9 Å². The van der Waals surface area contributed by atoms with Gasteiger partial charge in [0.1, 0.15) is 6.10 Å². The van der Waals surface area contributed by atoms with Gasteiger partial charge >= 0.3 is 5.97 Å². The predicted molar refractivity (Wildman–Crippen MR) is 124 cm³/mol. The lowest BCUT2D eigenvalue weighted by molar-refractivity contribution is -0.147. The van der Waals surface area contributed by atoms with Gasteiger partial charge in [0, 0.05) is 16.4 Å². The third-order valence-electron chi connectivity index (χ3n) is 5.18. The van der Waals surface area contributed by atoms with Crippen LogP contribution in [0.25, 0.3) is 5.69 Å². The Hall–Kier alpha value is -2.51. The minimum atomic E-state index is -0.194. The van der Waals surface area contributed by atoms with Crippen LogP contribution in [0.2, 0.25) is 5.02 Å². The lowest BCUT2D eigenvalue weighted by Crippen LogP contribution is -2.22. The Morgan fingerprint density at radius 3 is 2.55 bits per heavy atom. The molecule has 8 heteroatoms. The van der Waals surface area contributed by atoms with Crippen LogP contribution in [-0.2, 0) is 16.1 Å². The van der Waals surface area contributed by atoms with Gasteiger partial charge in [-0.25, -0.2) is 0 Å². The normalized spacial score (nSPS) is 14.4. The molecule has 1 N–H and O–H groups in total. The summed E-state index contributed by atoms with van der Waals surface area (Å²) < 4.78 is 7.61. The average molecular weight is 457 g/mol. The van der Waals surface area contributed by atoms with E-state index in [1.807, 2.05) is 59.2 Å². The predicted octanol–water partition coefficient (Wildman–Crippen LogP) is 5.50. The van der Waals surface area contributed by atoms with Crippen LogP contribution in [0.3, 0.4) is 0 Å². The Balaban J connectivity index is 1.45. The Kier molecular flexibility index (Phi) is 7.48. The first-order valence-electron chi connectivity index (χ1n) is 10.5. The van der Waals surface area contributed by atoms with Crippen molar-refractivity contribution in [2.75, 3.05) is 11.1 Å². The molecule has 0 amide bonds. The molecule has 0 bridgehead atoms. The molecule has 162 valence electrons. The number of nitrogens with zero attached hydrogens (tertiary/aromatic N) is 3. The number of anilines is 1. The van der Waals surface area contributed by atoms with Crippen molar-refractivity contribution in [2.45, 2.75) is 49.9 Å². The van der Waals surface area contributed by atoms with Crippen LogP contribution >= 0.6 is 23.4 Å². The summed E-state index contributed by atoms with van der Waals surface area (Å²) in [7, 11) is 0. The van der Waals surface area contributed by atoms with Crippen molar-refractivity contribution < 1.29 is 9.53 Å². The van der Waals surface area contributed by atoms with Crippen molar-refractivity contribution in [3.05, 3.63) is 65.4 Å². The number of para-hydroxylation sites is 1. The Labute approximate surface area is 191 Å². The number of halogens is 1. The number of ether oxygens (including phenoxy) is 1. The average Bonchev–Trinajstić information content (AvgIpc) is 3.21. The van der Waals surface area contributed by atoms with Gasteiger partial charge in [0.15, 0.2) is 11.0 Å². The van der Waals surface area contributed by atoms with E-state index in [1.54, 1.807) is 0 Å². The van der Waals surface area contributed by atoms with Crippen molar-refractivity contribution in [1.82, 2.24) is 14.8 Å². The van der Waals surface area contributed by atoms with Gasteiger partial charge in [0.2, 0.25) is 0 Å². The molecular formula is C23H25ClN4O2S. The quantitative estimate of drug-likeness (QED) is 0.356. The molecule has 2 aromatic carbocycles. The molecule has 4 rings (SSSR count). The summed E-state index contributed by atoms with van der Waals surface area (Å²) in [6.07, 6.45) is 5.51. The Bertz CT molecular complexity index is 989. The summed E-state index contributed by atoms with van der Waals surface area (Å²) in [6.45, 7) is 0.483. The summed E-state index contributed by atoms with van der Waals surface area (Å²) in [6, 6.07) is 17.4. The first kappa shape index (κ1) is 21.7. The largest absolute Gasteiger partial charge is 0.462 e. The molecular weight excluding hydrogens is 432 g/mol. The van der Waals surface area contributed by atoms with E-state index in [-0.39, 0.29) is 17.8 Å². The van der Waals surface area contributed by atoms with Crippen molar-refractivity contribution in [1.29, 1.82) is 0 Å². The van der Waals surface area contributed by atoms with E-state index in [1.165, 1.54) is 18.2 Å². The molecule has 0 unspecified atom stereocenters. The van der Waals surface area contributed by atoms with Gasteiger partial charge in [-0.2, -0.15) is 0 Å². The number of hydrogen-bond donors (Lipinski definition) is 1. The fourth-order valence-corrected chi connectivity index (χ4v) is 4.50. The molecule has 1 fully saturated rings. The van der Waals surface area contributed by atoms with E-state index >= 15 is 0 Å². The molecule has 0 atom stereocenters. The smallest absolute Gasteiger partial charge is 0.316 e. The van der Waals surface area contributed by atoms with Gasteiger partial charge in [-0.3, -0.25) is 9.36 Å². The number of carbonyl (C=O) groups is 1. The third-order valence-corrected chi connectivity index (χ3v) is 6.33. The SMILES string of the molecule is O=C(CSc1nnc(CNc2ccc(Cl)cc2)n1-c1ccccc1)OC1CCCCC1. The molecule has 0 radical (unpaired) electrons. The van der Waals surface area contributed by atoms with E-state index in [2.05, 4.69) is 15.5 Å². The second kappa shape index (κ2) is 10.7. The zero-order chi connectivity index (χ0) is 21.5. The number of nitrogens with one attached hydrogen (secondary N) is 1. The number of thioether (sulfide) groups is 1. The van der Waals surface area contributed by atoms with Crippen molar-refractivity contribution in [3.63, 3.8) is 0 Å². The van der Waals surface area contributed by atoms with Crippen molar-refractivity contribution in [3.8, 4) is 5.69 Å². The maximum Gasteiger partial charge on any atom is 0.316 e. The number of benzene rings is 2. The van der Waals surface area contributed by atoms with Gasteiger partial charge in [-0.15, -0.1) is 10.2 Å². The van der Waals surface area contributed by atoms with Crippen LogP contribution in [0.1, 0.15) is 37.9 Å². The number of esters is 1. The summed E-state index contributed by atoms with van der Waals surface area (Å²) in [5, 5.41) is 13.4. The molecule has 1 aliphatic rings. The monoisotopic (exact) mass is 456 g/mol. The molecule has 0 spiro atoms. The molecule has 1 heterocycles. The van der Waals surface area contributed by atoms with E-state index in [9.17, 15) is 4.79 Å². The highest BCUT2D eigenvalue weighted by Gasteiger charge is 2.20. The van der Waals surface area contributed by atoms with Crippen LogP contribution < -0.4 is 5.32 Å². The third kappa shape index (κ3) is 6.02. The lowest BCUT2D eigenvalue weighted by atomic mass is 9.98. The summed E-state index contributed by atoms with van der Waals surface area (Å²) in [5.41, 5.74) is 1.89. The maximum atomic E-state index is 12.4. The molecule has 0 saturated heterocycles. The molecule has 6 nitrogen and oxygen atoms in total. The standard InChI is InChI=1S/C23H25ClN4O2S/c24-17-11-13-18(14-12-17)25-15-21-26-27-23(28(21)19-7-3-1-4-8-19)31-16-22(29)30-20-9-5-2-6-10-20/h1,3-4,7-8,11-14,20,25H,2,5-6,9-10,15-16H2. The van der Waals surface area contributed by atoms with Crippen LogP contribution in [0.5, 0.6) is 0 Å². The highest BCUT2D eigenvalue weighted by atomic mass is 35.5. The van der Waals surface area contributed by atoms with Gasteiger partial charge in [-0.05, 0) is 62.1 Å². The molecule has 31 heavy (non-hydrogen) atoms.